The molecule has 3 aromatic heterocycles. The molecule has 3 aromatic rings. The van der Waals surface area contributed by atoms with E-state index in [0.717, 1.165) is 79.1 Å². The fourth-order valence-electron chi connectivity index (χ4n) is 5.41. The zero-order valence-corrected chi connectivity index (χ0v) is 27.6. The summed E-state index contributed by atoms with van der Waals surface area (Å²) in [6.07, 6.45) is 10.4. The predicted octanol–water partition coefficient (Wildman–Crippen LogP) is 3.46. The molecule has 5 heterocycles. The molecule has 0 aliphatic carbocycles. The number of hydrogen-bond donors (Lipinski definition) is 0. The summed E-state index contributed by atoms with van der Waals surface area (Å²) in [6.45, 7) is 8.28. The molecule has 2 aliphatic rings. The molecule has 0 spiro atoms. The molecule has 8 nitrogen and oxygen atoms in total. The SMILES string of the molecule is COC(=O)CCc1c2[n-]c(c1C)C=C1CC(C)C(=Cc3cc(C)c([n-]3)C=c3[n-]c(c(CCC(=O)OC)c3C)=C2)[N-]1.[Zn]. The standard InChI is InChI=1S/C32H34N4O4.Zn/c1-17-11-22-14-27-19(3)23(7-9-31(37)39-5)29(35-27)16-30-24(8-10-32(38)40-6)20(4)28(36-30)15-26-18(2)12-21(34-26)13-25(17)33-22;/h12-17H,7-11H2,1-6H3;/q-4;. The van der Waals surface area contributed by atoms with Crippen LogP contribution >= 0.6 is 0 Å². The molecule has 0 aromatic carbocycles. The first-order valence-electron chi connectivity index (χ1n) is 13.6. The minimum Gasteiger partial charge on any atom is -0.665 e. The first-order valence-corrected chi connectivity index (χ1v) is 13.6. The molecule has 2 aliphatic heterocycles. The van der Waals surface area contributed by atoms with E-state index in [1.807, 2.05) is 39.0 Å². The quantitative estimate of drug-likeness (QED) is 0.314. The van der Waals surface area contributed by atoms with Gasteiger partial charge in [0.1, 0.15) is 0 Å². The second kappa shape index (κ2) is 12.5. The summed E-state index contributed by atoms with van der Waals surface area (Å²) in [5.74, 6) is -0.274. The number of aromatic nitrogens is 3. The van der Waals surface area contributed by atoms with Crippen LogP contribution in [0.4, 0.5) is 0 Å². The van der Waals surface area contributed by atoms with Crippen molar-refractivity contribution in [3.05, 3.63) is 84.1 Å². The van der Waals surface area contributed by atoms with E-state index >= 15 is 0 Å². The Balaban J connectivity index is 0.00000387. The number of allylic oxidation sites excluding steroid dienone is 2. The monoisotopic (exact) mass is 602 g/mol. The summed E-state index contributed by atoms with van der Waals surface area (Å²) in [7, 11) is 2.80. The average molecular weight is 604 g/mol. The predicted molar refractivity (Wildman–Crippen MR) is 154 cm³/mol. The Morgan fingerprint density at radius 3 is 2.15 bits per heavy atom. The molecule has 1 atom stereocenters. The Kier molecular flexibility index (Phi) is 9.28. The van der Waals surface area contributed by atoms with E-state index in [1.165, 1.54) is 14.2 Å². The summed E-state index contributed by atoms with van der Waals surface area (Å²) in [5.41, 5.74) is 10.3. The van der Waals surface area contributed by atoms with Gasteiger partial charge in [-0.2, -0.15) is 11.4 Å². The number of esters is 2. The number of rotatable bonds is 6. The van der Waals surface area contributed by atoms with E-state index in [2.05, 4.69) is 19.1 Å². The van der Waals surface area contributed by atoms with E-state index in [0.29, 0.717) is 12.8 Å². The summed E-state index contributed by atoms with van der Waals surface area (Å²) >= 11 is 0. The number of carbonyl (C=O) groups excluding carboxylic acids is 2. The van der Waals surface area contributed by atoms with Crippen LogP contribution in [0.25, 0.3) is 29.6 Å². The van der Waals surface area contributed by atoms with Gasteiger partial charge in [-0.1, -0.05) is 65.1 Å². The molecule has 212 valence electrons. The van der Waals surface area contributed by atoms with Crippen LogP contribution in [0.3, 0.4) is 0 Å². The molecule has 5 rings (SSSR count). The van der Waals surface area contributed by atoms with Crippen molar-refractivity contribution in [3.63, 3.8) is 0 Å². The number of ether oxygens (including phenoxy) is 2. The Hall–Kier alpha value is -3.58. The van der Waals surface area contributed by atoms with Gasteiger partial charge in [0.15, 0.2) is 0 Å². The van der Waals surface area contributed by atoms with E-state index in [-0.39, 0.29) is 50.2 Å². The molecule has 1 unspecified atom stereocenters. The second-order valence-corrected chi connectivity index (χ2v) is 10.6. The maximum Gasteiger partial charge on any atom is 0.305 e. The number of hydrogen-bond acceptors (Lipinski definition) is 4. The molecule has 0 N–H and O–H groups in total. The van der Waals surface area contributed by atoms with Crippen LogP contribution in [-0.2, 0) is 51.4 Å². The maximum atomic E-state index is 12.0. The van der Waals surface area contributed by atoms with Gasteiger partial charge in [-0.25, -0.2) is 0 Å². The fourth-order valence-corrected chi connectivity index (χ4v) is 5.41. The van der Waals surface area contributed by atoms with E-state index < -0.39 is 0 Å². The van der Waals surface area contributed by atoms with Crippen molar-refractivity contribution in [1.82, 2.24) is 15.0 Å². The van der Waals surface area contributed by atoms with Crippen molar-refractivity contribution < 1.29 is 38.5 Å². The van der Waals surface area contributed by atoms with Crippen LogP contribution < -0.4 is 25.7 Å². The fraction of sp³-hybridized carbons (Fsp3) is 0.375. The van der Waals surface area contributed by atoms with Crippen molar-refractivity contribution in [3.8, 4) is 0 Å². The van der Waals surface area contributed by atoms with Crippen LogP contribution in [0, 0.1) is 26.7 Å². The van der Waals surface area contributed by atoms with E-state index in [9.17, 15) is 9.59 Å². The Bertz CT molecular complexity index is 1670. The van der Waals surface area contributed by atoms with Gasteiger partial charge >= 0.3 is 11.9 Å². The summed E-state index contributed by atoms with van der Waals surface area (Å²) in [4.78, 5) is 39.0. The number of aryl methyl sites for hydroxylation is 1. The Morgan fingerprint density at radius 1 is 0.805 bits per heavy atom. The molecule has 0 saturated carbocycles. The van der Waals surface area contributed by atoms with Crippen LogP contribution in [0.5, 0.6) is 0 Å². The van der Waals surface area contributed by atoms with Gasteiger partial charge in [-0.15, -0.1) is 33.5 Å². The van der Waals surface area contributed by atoms with Crippen molar-refractivity contribution in [2.75, 3.05) is 14.2 Å². The van der Waals surface area contributed by atoms with Gasteiger partial charge in [0.05, 0.1) is 14.2 Å². The number of nitrogens with zero attached hydrogens (tertiary/aromatic N) is 4. The minimum absolute atomic E-state index is 0. The molecule has 1 saturated heterocycles. The van der Waals surface area contributed by atoms with Crippen LogP contribution in [0.1, 0.15) is 76.8 Å². The third-order valence-corrected chi connectivity index (χ3v) is 7.84. The molecular formula is C32H34N4O4Zn-4. The zero-order valence-electron chi connectivity index (χ0n) is 24.6. The first-order chi connectivity index (χ1) is 19.2. The average Bonchev–Trinajstić information content (AvgIpc) is 3.62. The third-order valence-electron chi connectivity index (χ3n) is 7.84. The van der Waals surface area contributed by atoms with Gasteiger partial charge in [-0.3, -0.25) is 9.59 Å². The first kappa shape index (κ1) is 30.4. The molecule has 0 amide bonds. The Labute approximate surface area is 253 Å². The molecule has 1 fully saturated rings. The maximum absolute atomic E-state index is 12.0. The second-order valence-electron chi connectivity index (χ2n) is 10.6. The third kappa shape index (κ3) is 6.35. The number of carbonyl (C=O) groups is 2. The zero-order chi connectivity index (χ0) is 28.6. The van der Waals surface area contributed by atoms with Crippen molar-refractivity contribution in [2.24, 2.45) is 5.92 Å². The topological polar surface area (TPSA) is 109 Å². The van der Waals surface area contributed by atoms with Crippen LogP contribution in [0.15, 0.2) is 17.5 Å². The Morgan fingerprint density at radius 2 is 1.46 bits per heavy atom. The summed E-state index contributed by atoms with van der Waals surface area (Å²) < 4.78 is 9.82. The van der Waals surface area contributed by atoms with Crippen LogP contribution in [0.2, 0.25) is 0 Å². The number of fused-ring (bicyclic) bond motifs is 8. The molecule has 8 bridgehead atoms. The van der Waals surface area contributed by atoms with Crippen molar-refractivity contribution >= 4 is 36.2 Å². The summed E-state index contributed by atoms with van der Waals surface area (Å²) in [5, 5.41) is 6.49. The van der Waals surface area contributed by atoms with Gasteiger partial charge in [0.25, 0.3) is 0 Å². The molecular weight excluding hydrogens is 570 g/mol. The largest absolute Gasteiger partial charge is 0.665 e. The van der Waals surface area contributed by atoms with Crippen molar-refractivity contribution in [2.45, 2.75) is 59.8 Å². The molecule has 9 heteroatoms. The molecule has 41 heavy (non-hydrogen) atoms. The van der Waals surface area contributed by atoms with E-state index in [4.69, 9.17) is 29.7 Å². The van der Waals surface area contributed by atoms with Gasteiger partial charge in [0.2, 0.25) is 0 Å². The summed E-state index contributed by atoms with van der Waals surface area (Å²) in [6, 6.07) is 2.08. The van der Waals surface area contributed by atoms with Gasteiger partial charge in [-0.05, 0) is 46.0 Å². The number of methoxy groups -OCH3 is 2. The minimum atomic E-state index is -0.273. The van der Waals surface area contributed by atoms with Gasteiger partial charge in [0, 0.05) is 32.3 Å². The normalized spacial score (nSPS) is 15.5. The molecule has 0 radical (unpaired) electrons. The van der Waals surface area contributed by atoms with E-state index in [1.54, 1.807) is 0 Å². The van der Waals surface area contributed by atoms with Gasteiger partial charge < -0.3 is 29.7 Å². The van der Waals surface area contributed by atoms with Crippen LogP contribution in [-0.4, -0.2) is 26.2 Å². The smallest absolute Gasteiger partial charge is 0.305 e. The van der Waals surface area contributed by atoms with Crippen molar-refractivity contribution in [1.29, 1.82) is 0 Å².